The van der Waals surface area contributed by atoms with E-state index < -0.39 is 10.0 Å². The van der Waals surface area contributed by atoms with Gasteiger partial charge in [-0.25, -0.2) is 8.42 Å². The van der Waals surface area contributed by atoms with Crippen molar-refractivity contribution in [3.05, 3.63) is 11.3 Å². The third-order valence-corrected chi connectivity index (χ3v) is 5.61. The maximum atomic E-state index is 12.7. The Kier molecular flexibility index (Phi) is 5.37. The molecule has 1 aliphatic rings. The molecule has 2 rings (SSSR count). The van der Waals surface area contributed by atoms with Crippen LogP contribution in [0, 0.1) is 6.92 Å². The molecule has 1 heterocycles. The number of nitrogens with zero attached hydrogens (tertiary/aromatic N) is 2. The van der Waals surface area contributed by atoms with Crippen LogP contribution in [0.15, 0.2) is 5.03 Å². The van der Waals surface area contributed by atoms with E-state index in [0.717, 1.165) is 24.1 Å². The normalized spacial score (nSPS) is 15.8. The Morgan fingerprint density at radius 2 is 2.19 bits per heavy atom. The molecular formula is C13H24N4O3S. The number of hydrogen-bond acceptors (Lipinski definition) is 5. The van der Waals surface area contributed by atoms with Crippen LogP contribution in [0.2, 0.25) is 0 Å². The minimum absolute atomic E-state index is 0.131. The van der Waals surface area contributed by atoms with Gasteiger partial charge in [0.25, 0.3) is 10.0 Å². The number of nitrogens with one attached hydrogen (secondary N) is 2. The second kappa shape index (κ2) is 6.87. The SMILES string of the molecule is CCN(CCOC)S(=O)(=O)c1n[nH]c(C)c1CNC1CC1. The summed E-state index contributed by atoms with van der Waals surface area (Å²) in [5.41, 5.74) is 1.53. The van der Waals surface area contributed by atoms with Crippen molar-refractivity contribution in [2.45, 2.75) is 44.3 Å². The predicted octanol–water partition coefficient (Wildman–Crippen LogP) is 0.627. The molecule has 0 bridgehead atoms. The van der Waals surface area contributed by atoms with E-state index in [2.05, 4.69) is 15.5 Å². The molecule has 21 heavy (non-hydrogen) atoms. The Balaban J connectivity index is 2.21. The van der Waals surface area contributed by atoms with Gasteiger partial charge in [-0.3, -0.25) is 5.10 Å². The van der Waals surface area contributed by atoms with Crippen molar-refractivity contribution in [2.75, 3.05) is 26.8 Å². The Bertz CT molecular complexity index is 566. The minimum atomic E-state index is -3.59. The highest BCUT2D eigenvalue weighted by Crippen LogP contribution is 2.23. The summed E-state index contributed by atoms with van der Waals surface area (Å²) in [5.74, 6) is 0. The zero-order valence-corrected chi connectivity index (χ0v) is 13.7. The van der Waals surface area contributed by atoms with E-state index >= 15 is 0 Å². The van der Waals surface area contributed by atoms with E-state index in [9.17, 15) is 8.42 Å². The molecule has 1 aromatic heterocycles. The fourth-order valence-corrected chi connectivity index (χ4v) is 3.75. The molecule has 7 nitrogen and oxygen atoms in total. The van der Waals surface area contributed by atoms with Crippen molar-refractivity contribution in [3.8, 4) is 0 Å². The van der Waals surface area contributed by atoms with Gasteiger partial charge in [-0.05, 0) is 19.8 Å². The summed E-state index contributed by atoms with van der Waals surface area (Å²) in [6.45, 7) is 5.29. The molecule has 0 radical (unpaired) electrons. The van der Waals surface area contributed by atoms with Gasteiger partial charge in [0, 0.05) is 44.0 Å². The average molecular weight is 316 g/mol. The lowest BCUT2D eigenvalue weighted by molar-refractivity contribution is 0.180. The topological polar surface area (TPSA) is 87.3 Å². The third kappa shape index (κ3) is 3.82. The van der Waals surface area contributed by atoms with Gasteiger partial charge in [-0.1, -0.05) is 6.92 Å². The number of likely N-dealkylation sites (N-methyl/N-ethyl adjacent to an activating group) is 1. The van der Waals surface area contributed by atoms with Crippen LogP contribution < -0.4 is 5.32 Å². The fraction of sp³-hybridized carbons (Fsp3) is 0.769. The van der Waals surface area contributed by atoms with E-state index in [1.54, 1.807) is 7.11 Å². The average Bonchev–Trinajstić information content (AvgIpc) is 3.20. The summed E-state index contributed by atoms with van der Waals surface area (Å²) in [6, 6.07) is 0.519. The van der Waals surface area contributed by atoms with Crippen LogP contribution in [0.5, 0.6) is 0 Å². The Labute approximate surface area is 126 Å². The number of aromatic amines is 1. The highest BCUT2D eigenvalue weighted by atomic mass is 32.2. The molecule has 0 amide bonds. The molecule has 1 fully saturated rings. The van der Waals surface area contributed by atoms with Crippen LogP contribution in [0.25, 0.3) is 0 Å². The van der Waals surface area contributed by atoms with E-state index in [1.165, 1.54) is 4.31 Å². The van der Waals surface area contributed by atoms with Crippen molar-refractivity contribution >= 4 is 10.0 Å². The number of H-pyrrole nitrogens is 1. The van der Waals surface area contributed by atoms with Gasteiger partial charge in [0.15, 0.2) is 5.03 Å². The molecule has 0 unspecified atom stereocenters. The quantitative estimate of drug-likeness (QED) is 0.697. The summed E-state index contributed by atoms with van der Waals surface area (Å²) in [5, 5.41) is 10.3. The van der Waals surface area contributed by atoms with Crippen molar-refractivity contribution < 1.29 is 13.2 Å². The minimum Gasteiger partial charge on any atom is -0.383 e. The molecule has 120 valence electrons. The van der Waals surface area contributed by atoms with Gasteiger partial charge in [0.1, 0.15) is 0 Å². The number of ether oxygens (including phenoxy) is 1. The summed E-state index contributed by atoms with van der Waals surface area (Å²) >= 11 is 0. The molecule has 0 spiro atoms. The molecule has 1 aliphatic carbocycles. The lowest BCUT2D eigenvalue weighted by Crippen LogP contribution is -2.34. The molecule has 1 saturated carbocycles. The Hall–Kier alpha value is -0.960. The fourth-order valence-electron chi connectivity index (χ4n) is 2.15. The number of aryl methyl sites for hydroxylation is 1. The van der Waals surface area contributed by atoms with Gasteiger partial charge in [0.05, 0.1) is 6.61 Å². The van der Waals surface area contributed by atoms with Crippen LogP contribution in [0.4, 0.5) is 0 Å². The van der Waals surface area contributed by atoms with Gasteiger partial charge < -0.3 is 10.1 Å². The third-order valence-electron chi connectivity index (χ3n) is 3.66. The number of sulfonamides is 1. The maximum Gasteiger partial charge on any atom is 0.262 e. The van der Waals surface area contributed by atoms with E-state index in [0.29, 0.717) is 32.3 Å². The predicted molar refractivity (Wildman–Crippen MR) is 79.5 cm³/mol. The molecule has 0 saturated heterocycles. The molecule has 0 atom stereocenters. The monoisotopic (exact) mass is 316 g/mol. The van der Waals surface area contributed by atoms with Crippen LogP contribution in [-0.4, -0.2) is 55.8 Å². The van der Waals surface area contributed by atoms with Crippen LogP contribution in [0.1, 0.15) is 31.0 Å². The van der Waals surface area contributed by atoms with Gasteiger partial charge in [-0.2, -0.15) is 9.40 Å². The Morgan fingerprint density at radius 1 is 1.48 bits per heavy atom. The van der Waals surface area contributed by atoms with Crippen molar-refractivity contribution in [2.24, 2.45) is 0 Å². The van der Waals surface area contributed by atoms with Crippen LogP contribution >= 0.6 is 0 Å². The zero-order valence-electron chi connectivity index (χ0n) is 12.8. The van der Waals surface area contributed by atoms with E-state index in [-0.39, 0.29) is 5.03 Å². The van der Waals surface area contributed by atoms with Crippen molar-refractivity contribution in [1.82, 2.24) is 19.8 Å². The molecule has 0 aliphatic heterocycles. The van der Waals surface area contributed by atoms with Crippen molar-refractivity contribution in [3.63, 3.8) is 0 Å². The highest BCUT2D eigenvalue weighted by Gasteiger charge is 2.30. The lowest BCUT2D eigenvalue weighted by Gasteiger charge is -2.19. The number of methoxy groups -OCH3 is 1. The van der Waals surface area contributed by atoms with Crippen LogP contribution in [-0.2, 0) is 21.3 Å². The summed E-state index contributed by atoms with van der Waals surface area (Å²) in [6.07, 6.45) is 2.32. The lowest BCUT2D eigenvalue weighted by atomic mass is 10.2. The zero-order chi connectivity index (χ0) is 15.5. The van der Waals surface area contributed by atoms with Gasteiger partial charge in [0.2, 0.25) is 0 Å². The largest absolute Gasteiger partial charge is 0.383 e. The van der Waals surface area contributed by atoms with E-state index in [1.807, 2.05) is 13.8 Å². The smallest absolute Gasteiger partial charge is 0.262 e. The maximum absolute atomic E-state index is 12.7. The standard InChI is InChI=1S/C13H24N4O3S/c1-4-17(7-8-20-3)21(18,19)13-12(10(2)15-16-13)9-14-11-5-6-11/h11,14H,4-9H2,1-3H3,(H,15,16). The second-order valence-electron chi connectivity index (χ2n) is 5.28. The molecule has 1 aromatic rings. The first kappa shape index (κ1) is 16.4. The Morgan fingerprint density at radius 3 is 2.76 bits per heavy atom. The second-order valence-corrected chi connectivity index (χ2v) is 7.13. The number of rotatable bonds is 9. The first-order valence-electron chi connectivity index (χ1n) is 7.27. The van der Waals surface area contributed by atoms with Gasteiger partial charge in [-0.15, -0.1) is 0 Å². The van der Waals surface area contributed by atoms with Crippen molar-refractivity contribution in [1.29, 1.82) is 0 Å². The van der Waals surface area contributed by atoms with Gasteiger partial charge >= 0.3 is 0 Å². The highest BCUT2D eigenvalue weighted by molar-refractivity contribution is 7.89. The summed E-state index contributed by atoms with van der Waals surface area (Å²) in [7, 11) is -2.03. The molecule has 8 heteroatoms. The first-order valence-corrected chi connectivity index (χ1v) is 8.71. The number of aromatic nitrogens is 2. The molecule has 0 aromatic carbocycles. The first-order chi connectivity index (χ1) is 10.0. The summed E-state index contributed by atoms with van der Waals surface area (Å²) < 4.78 is 31.8. The molecule has 2 N–H and O–H groups in total. The van der Waals surface area contributed by atoms with E-state index in [4.69, 9.17) is 4.74 Å². The molecular weight excluding hydrogens is 292 g/mol. The summed E-state index contributed by atoms with van der Waals surface area (Å²) in [4.78, 5) is 0. The van der Waals surface area contributed by atoms with Crippen LogP contribution in [0.3, 0.4) is 0 Å². The number of hydrogen-bond donors (Lipinski definition) is 2.